The predicted octanol–water partition coefficient (Wildman–Crippen LogP) is 7.43. The lowest BCUT2D eigenvalue weighted by Gasteiger charge is -2.38. The van der Waals surface area contributed by atoms with Crippen LogP contribution in [0.15, 0.2) is 89.3 Å². The Morgan fingerprint density at radius 1 is 1.02 bits per heavy atom. The minimum Gasteiger partial charge on any atom is -0.462 e. The summed E-state index contributed by atoms with van der Waals surface area (Å²) in [7, 11) is -4.17. The third-order valence-corrected chi connectivity index (χ3v) is 9.48. The third-order valence-electron chi connectivity index (χ3n) is 7.17. The number of rotatable bonds is 9. The SMILES string of the molecule is CCOC(=O)C(F)(F)CC1(C)CN(S(=O)(=O)c2ccc(C)cc2)c2ccccc2C(c2ccccc2)=C1CCI. The van der Waals surface area contributed by atoms with Crippen LogP contribution in [0.5, 0.6) is 0 Å². The number of anilines is 1. The van der Waals surface area contributed by atoms with E-state index in [9.17, 15) is 13.2 Å². The highest BCUT2D eigenvalue weighted by molar-refractivity contribution is 14.1. The van der Waals surface area contributed by atoms with Crippen LogP contribution in [0.25, 0.3) is 5.57 Å². The Kier molecular flexibility index (Phi) is 9.04. The summed E-state index contributed by atoms with van der Waals surface area (Å²) in [6.45, 7) is 4.50. The smallest absolute Gasteiger partial charge is 0.376 e. The standard InChI is InChI=1S/C31H32F2INO4S/c1-4-39-29(36)31(32,33)20-30(3)21-35(40(37,38)24-16-14-22(2)15-17-24)27-13-9-8-12-25(27)28(26(30)18-19-34)23-10-6-5-7-11-23/h5-17H,4,18-21H2,1-3H3. The normalized spacial score (nSPS) is 17.8. The van der Waals surface area contributed by atoms with Crippen LogP contribution in [0.4, 0.5) is 14.5 Å². The summed E-state index contributed by atoms with van der Waals surface area (Å²) in [5.41, 5.74) is 2.66. The maximum atomic E-state index is 15.6. The zero-order valence-corrected chi connectivity index (χ0v) is 25.6. The molecule has 1 aliphatic heterocycles. The van der Waals surface area contributed by atoms with Gasteiger partial charge in [-0.15, -0.1) is 0 Å². The first-order valence-corrected chi connectivity index (χ1v) is 16.0. The first-order chi connectivity index (χ1) is 18.9. The molecule has 40 heavy (non-hydrogen) atoms. The van der Waals surface area contributed by atoms with E-state index in [1.54, 1.807) is 31.2 Å². The molecule has 0 amide bonds. The predicted molar refractivity (Wildman–Crippen MR) is 162 cm³/mol. The van der Waals surface area contributed by atoms with Gasteiger partial charge in [0.25, 0.3) is 10.0 Å². The van der Waals surface area contributed by atoms with E-state index in [0.29, 0.717) is 33.2 Å². The van der Waals surface area contributed by atoms with Crippen LogP contribution in [-0.2, 0) is 19.6 Å². The van der Waals surface area contributed by atoms with Crippen molar-refractivity contribution in [3.8, 4) is 0 Å². The molecule has 1 unspecified atom stereocenters. The Labute approximate surface area is 248 Å². The van der Waals surface area contributed by atoms with E-state index in [0.717, 1.165) is 11.1 Å². The Bertz CT molecular complexity index is 1510. The number of para-hydroxylation sites is 1. The highest BCUT2D eigenvalue weighted by Crippen LogP contribution is 2.51. The van der Waals surface area contributed by atoms with Crippen molar-refractivity contribution < 1.29 is 26.7 Å². The fraction of sp³-hybridized carbons (Fsp3) is 0.323. The summed E-state index contributed by atoms with van der Waals surface area (Å²) in [5.74, 6) is -5.44. The molecule has 1 aliphatic rings. The summed E-state index contributed by atoms with van der Waals surface area (Å²) in [4.78, 5) is 12.5. The van der Waals surface area contributed by atoms with Gasteiger partial charge in [0, 0.05) is 28.4 Å². The molecule has 0 aliphatic carbocycles. The molecule has 212 valence electrons. The molecular weight excluding hydrogens is 647 g/mol. The van der Waals surface area contributed by atoms with E-state index in [1.165, 1.54) is 23.4 Å². The molecule has 5 nitrogen and oxygen atoms in total. The van der Waals surface area contributed by atoms with Crippen molar-refractivity contribution in [2.45, 2.75) is 44.4 Å². The number of benzene rings is 3. The number of halogens is 3. The molecule has 0 spiro atoms. The third kappa shape index (κ3) is 5.95. The van der Waals surface area contributed by atoms with E-state index in [4.69, 9.17) is 4.74 Å². The van der Waals surface area contributed by atoms with E-state index >= 15 is 8.78 Å². The van der Waals surface area contributed by atoms with Crippen molar-refractivity contribution in [2.75, 3.05) is 21.9 Å². The number of carbonyl (C=O) groups excluding carboxylic acids is 1. The second-order valence-electron chi connectivity index (χ2n) is 10.2. The van der Waals surface area contributed by atoms with Crippen molar-refractivity contribution in [1.82, 2.24) is 0 Å². The van der Waals surface area contributed by atoms with Crippen LogP contribution in [0.1, 0.15) is 43.4 Å². The number of aryl methyl sites for hydroxylation is 1. The molecule has 0 radical (unpaired) electrons. The van der Waals surface area contributed by atoms with Gasteiger partial charge in [-0.3, -0.25) is 4.31 Å². The number of hydrogen-bond acceptors (Lipinski definition) is 4. The summed E-state index contributed by atoms with van der Waals surface area (Å²) in [6.07, 6.45) is -0.484. The highest BCUT2D eigenvalue weighted by atomic mass is 127. The van der Waals surface area contributed by atoms with E-state index < -0.39 is 33.8 Å². The number of hydrogen-bond donors (Lipinski definition) is 0. The van der Waals surface area contributed by atoms with Gasteiger partial charge in [0.2, 0.25) is 0 Å². The summed E-state index contributed by atoms with van der Waals surface area (Å²) >= 11 is 2.20. The molecule has 0 aromatic heterocycles. The molecule has 0 saturated carbocycles. The van der Waals surface area contributed by atoms with E-state index in [2.05, 4.69) is 22.6 Å². The molecule has 4 rings (SSSR count). The second kappa shape index (κ2) is 12.0. The number of ether oxygens (including phenoxy) is 1. The Balaban J connectivity index is 2.04. The van der Waals surface area contributed by atoms with Gasteiger partial charge in [-0.05, 0) is 49.6 Å². The van der Waals surface area contributed by atoms with Gasteiger partial charge in [0.05, 0.1) is 17.2 Å². The number of sulfonamides is 1. The first-order valence-electron chi connectivity index (χ1n) is 13.0. The van der Waals surface area contributed by atoms with Gasteiger partial charge in [-0.25, -0.2) is 13.2 Å². The van der Waals surface area contributed by atoms with Gasteiger partial charge in [-0.1, -0.05) is 101 Å². The van der Waals surface area contributed by atoms with Crippen LogP contribution >= 0.6 is 22.6 Å². The number of carbonyl (C=O) groups is 1. The first kappa shape index (κ1) is 30.2. The molecule has 9 heteroatoms. The second-order valence-corrected chi connectivity index (χ2v) is 13.1. The fourth-order valence-corrected chi connectivity index (χ4v) is 7.48. The lowest BCUT2D eigenvalue weighted by Crippen LogP contribution is -2.45. The Morgan fingerprint density at radius 2 is 1.65 bits per heavy atom. The van der Waals surface area contributed by atoms with Crippen molar-refractivity contribution in [3.05, 3.63) is 101 Å². The average molecular weight is 680 g/mol. The van der Waals surface area contributed by atoms with Crippen molar-refractivity contribution in [1.29, 1.82) is 0 Å². The van der Waals surface area contributed by atoms with Gasteiger partial charge >= 0.3 is 11.9 Å². The molecular formula is C31H32F2INO4S. The van der Waals surface area contributed by atoms with E-state index in [1.807, 2.05) is 49.4 Å². The molecule has 3 aromatic rings. The highest BCUT2D eigenvalue weighted by Gasteiger charge is 2.51. The number of esters is 1. The van der Waals surface area contributed by atoms with Crippen molar-refractivity contribution in [3.63, 3.8) is 0 Å². The molecule has 0 saturated heterocycles. The molecule has 0 fully saturated rings. The lowest BCUT2D eigenvalue weighted by atomic mass is 9.72. The van der Waals surface area contributed by atoms with Gasteiger partial charge in [-0.2, -0.15) is 8.78 Å². The van der Waals surface area contributed by atoms with Crippen LogP contribution in [0.2, 0.25) is 0 Å². The average Bonchev–Trinajstić information content (AvgIpc) is 3.02. The van der Waals surface area contributed by atoms with E-state index in [-0.39, 0.29) is 18.0 Å². The summed E-state index contributed by atoms with van der Waals surface area (Å²) in [5, 5.41) is 0. The topological polar surface area (TPSA) is 63.7 Å². The van der Waals surface area contributed by atoms with Gasteiger partial charge in [0.15, 0.2) is 0 Å². The Morgan fingerprint density at radius 3 is 2.27 bits per heavy atom. The van der Waals surface area contributed by atoms with Gasteiger partial charge < -0.3 is 4.74 Å². The molecule has 0 N–H and O–H groups in total. The number of alkyl halides is 3. The maximum absolute atomic E-state index is 15.6. The van der Waals surface area contributed by atoms with Crippen LogP contribution < -0.4 is 4.31 Å². The van der Waals surface area contributed by atoms with Crippen molar-refractivity contribution in [2.24, 2.45) is 5.41 Å². The zero-order chi connectivity index (χ0) is 29.1. The molecule has 0 bridgehead atoms. The summed E-state index contributed by atoms with van der Waals surface area (Å²) in [6, 6.07) is 23.0. The minimum atomic E-state index is -4.17. The number of fused-ring (bicyclic) bond motifs is 1. The summed E-state index contributed by atoms with van der Waals surface area (Å²) < 4.78 is 66.2. The van der Waals surface area contributed by atoms with Crippen LogP contribution in [0, 0.1) is 12.3 Å². The molecule has 1 heterocycles. The van der Waals surface area contributed by atoms with Crippen LogP contribution in [0.3, 0.4) is 0 Å². The van der Waals surface area contributed by atoms with Crippen LogP contribution in [-0.4, -0.2) is 37.9 Å². The minimum absolute atomic E-state index is 0.0611. The Hall–Kier alpha value is -2.79. The monoisotopic (exact) mass is 679 g/mol. The molecule has 1 atom stereocenters. The maximum Gasteiger partial charge on any atom is 0.376 e. The lowest BCUT2D eigenvalue weighted by molar-refractivity contribution is -0.175. The number of nitrogens with zero attached hydrogens (tertiary/aromatic N) is 1. The zero-order valence-electron chi connectivity index (χ0n) is 22.7. The largest absolute Gasteiger partial charge is 0.462 e. The molecule has 3 aromatic carbocycles. The van der Waals surface area contributed by atoms with Crippen molar-refractivity contribution >= 4 is 49.8 Å². The fourth-order valence-electron chi connectivity index (χ4n) is 5.33. The quantitative estimate of drug-likeness (QED) is 0.134. The van der Waals surface area contributed by atoms with Gasteiger partial charge in [0.1, 0.15) is 0 Å².